The molecule has 1 atom stereocenters. The standard InChI is InChI=1S/C21H23N3O4S2/c1-27-15-8-9-16-18(12-15)30-21(23-16)24-20(26)17(10-11-29-2)22-19(25)13-28-14-6-4-3-5-7-14/h3-9,12,17H,10-11,13H2,1-2H3,(H,22,25)(H,23,24,26). The highest BCUT2D eigenvalue weighted by molar-refractivity contribution is 7.98. The zero-order valence-electron chi connectivity index (χ0n) is 16.7. The maximum atomic E-state index is 12.8. The van der Waals surface area contributed by atoms with E-state index in [0.29, 0.717) is 17.3 Å². The molecule has 9 heteroatoms. The van der Waals surface area contributed by atoms with Crippen molar-refractivity contribution in [1.29, 1.82) is 0 Å². The summed E-state index contributed by atoms with van der Waals surface area (Å²) in [4.78, 5) is 29.5. The molecule has 3 rings (SSSR count). The molecule has 0 aliphatic heterocycles. The van der Waals surface area contributed by atoms with Crippen molar-refractivity contribution in [2.45, 2.75) is 12.5 Å². The summed E-state index contributed by atoms with van der Waals surface area (Å²) >= 11 is 2.97. The van der Waals surface area contributed by atoms with E-state index in [0.717, 1.165) is 21.7 Å². The fourth-order valence-corrected chi connectivity index (χ4v) is 4.05. The molecule has 1 unspecified atom stereocenters. The first-order valence-electron chi connectivity index (χ1n) is 9.30. The second-order valence-corrected chi connectivity index (χ2v) is 8.36. The molecule has 158 valence electrons. The minimum atomic E-state index is -0.675. The van der Waals surface area contributed by atoms with E-state index >= 15 is 0 Å². The molecule has 0 radical (unpaired) electrons. The average molecular weight is 446 g/mol. The molecule has 0 saturated heterocycles. The molecule has 0 spiro atoms. The van der Waals surface area contributed by atoms with Crippen molar-refractivity contribution in [2.75, 3.05) is 31.0 Å². The zero-order chi connectivity index (χ0) is 21.3. The molecule has 0 fully saturated rings. The first-order valence-corrected chi connectivity index (χ1v) is 11.5. The Bertz CT molecular complexity index is 994. The lowest BCUT2D eigenvalue weighted by atomic mass is 10.2. The van der Waals surface area contributed by atoms with Crippen LogP contribution in [0.15, 0.2) is 48.5 Å². The third-order valence-electron chi connectivity index (χ3n) is 4.20. The van der Waals surface area contributed by atoms with Crippen LogP contribution in [0.25, 0.3) is 10.2 Å². The number of carbonyl (C=O) groups excluding carboxylic acids is 2. The summed E-state index contributed by atoms with van der Waals surface area (Å²) in [6.07, 6.45) is 2.46. The van der Waals surface area contributed by atoms with Gasteiger partial charge in [-0.15, -0.1) is 0 Å². The van der Waals surface area contributed by atoms with E-state index in [1.807, 2.05) is 42.7 Å². The number of carbonyl (C=O) groups is 2. The molecule has 1 aromatic heterocycles. The summed E-state index contributed by atoms with van der Waals surface area (Å²) in [5, 5.41) is 6.06. The fraction of sp³-hybridized carbons (Fsp3) is 0.286. The first kappa shape index (κ1) is 21.9. The monoisotopic (exact) mass is 445 g/mol. The van der Waals surface area contributed by atoms with E-state index in [1.165, 1.54) is 11.3 Å². The summed E-state index contributed by atoms with van der Waals surface area (Å²) in [6, 6.07) is 13.9. The number of rotatable bonds is 10. The van der Waals surface area contributed by atoms with E-state index < -0.39 is 6.04 Å². The van der Waals surface area contributed by atoms with Crippen LogP contribution in [0.5, 0.6) is 11.5 Å². The van der Waals surface area contributed by atoms with Gasteiger partial charge in [-0.3, -0.25) is 9.59 Å². The van der Waals surface area contributed by atoms with Crippen LogP contribution in [-0.4, -0.2) is 48.6 Å². The average Bonchev–Trinajstić information content (AvgIpc) is 3.17. The van der Waals surface area contributed by atoms with Gasteiger partial charge in [0.1, 0.15) is 17.5 Å². The second-order valence-electron chi connectivity index (χ2n) is 6.35. The maximum absolute atomic E-state index is 12.8. The van der Waals surface area contributed by atoms with Crippen LogP contribution in [0, 0.1) is 0 Å². The molecule has 1 heterocycles. The van der Waals surface area contributed by atoms with Crippen LogP contribution in [0.2, 0.25) is 0 Å². The largest absolute Gasteiger partial charge is 0.497 e. The molecule has 0 aliphatic carbocycles. The van der Waals surface area contributed by atoms with Gasteiger partial charge in [0.25, 0.3) is 5.91 Å². The number of thioether (sulfide) groups is 1. The normalized spacial score (nSPS) is 11.7. The predicted molar refractivity (Wildman–Crippen MR) is 122 cm³/mol. The number of aromatic nitrogens is 1. The molecule has 7 nitrogen and oxygen atoms in total. The summed E-state index contributed by atoms with van der Waals surface area (Å²) < 4.78 is 11.6. The maximum Gasteiger partial charge on any atom is 0.258 e. The van der Waals surface area contributed by atoms with Crippen molar-refractivity contribution in [2.24, 2.45) is 0 Å². The summed E-state index contributed by atoms with van der Waals surface area (Å²) in [5.41, 5.74) is 0.775. The lowest BCUT2D eigenvalue weighted by Gasteiger charge is -2.17. The van der Waals surface area contributed by atoms with Crippen molar-refractivity contribution in [3.05, 3.63) is 48.5 Å². The zero-order valence-corrected chi connectivity index (χ0v) is 18.3. The van der Waals surface area contributed by atoms with E-state index in [9.17, 15) is 9.59 Å². The van der Waals surface area contributed by atoms with Crippen LogP contribution in [-0.2, 0) is 9.59 Å². The van der Waals surface area contributed by atoms with Gasteiger partial charge in [-0.05, 0) is 48.8 Å². The van der Waals surface area contributed by atoms with Crippen LogP contribution < -0.4 is 20.1 Å². The number of hydrogen-bond donors (Lipinski definition) is 2. The Morgan fingerprint density at radius 1 is 1.17 bits per heavy atom. The molecular formula is C21H23N3O4S2. The van der Waals surface area contributed by atoms with Crippen LogP contribution in [0.4, 0.5) is 5.13 Å². The van der Waals surface area contributed by atoms with Gasteiger partial charge >= 0.3 is 0 Å². The Morgan fingerprint density at radius 2 is 1.97 bits per heavy atom. The molecule has 2 amide bonds. The van der Waals surface area contributed by atoms with E-state index in [2.05, 4.69) is 15.6 Å². The number of nitrogens with zero attached hydrogens (tertiary/aromatic N) is 1. The topological polar surface area (TPSA) is 89.5 Å². The predicted octanol–water partition coefficient (Wildman–Crippen LogP) is 3.56. The Labute approximate surface area is 183 Å². The molecule has 2 N–H and O–H groups in total. The van der Waals surface area contributed by atoms with Crippen molar-refractivity contribution in [1.82, 2.24) is 10.3 Å². The highest BCUT2D eigenvalue weighted by Crippen LogP contribution is 2.29. The number of para-hydroxylation sites is 1. The fourth-order valence-electron chi connectivity index (χ4n) is 2.68. The molecule has 30 heavy (non-hydrogen) atoms. The Kier molecular flexibility index (Phi) is 7.92. The van der Waals surface area contributed by atoms with Crippen LogP contribution in [0.3, 0.4) is 0 Å². The first-order chi connectivity index (χ1) is 14.6. The lowest BCUT2D eigenvalue weighted by molar-refractivity contribution is -0.127. The third kappa shape index (κ3) is 6.11. The lowest BCUT2D eigenvalue weighted by Crippen LogP contribution is -2.45. The van der Waals surface area contributed by atoms with Gasteiger partial charge in [-0.1, -0.05) is 29.5 Å². The van der Waals surface area contributed by atoms with E-state index in [-0.39, 0.29) is 18.4 Å². The van der Waals surface area contributed by atoms with Gasteiger partial charge < -0.3 is 20.1 Å². The smallest absolute Gasteiger partial charge is 0.258 e. The highest BCUT2D eigenvalue weighted by atomic mass is 32.2. The number of nitrogens with one attached hydrogen (secondary N) is 2. The van der Waals surface area contributed by atoms with Crippen molar-refractivity contribution in [3.8, 4) is 11.5 Å². The Hall–Kier alpha value is -2.78. The second kappa shape index (κ2) is 10.8. The Morgan fingerprint density at radius 3 is 2.70 bits per heavy atom. The van der Waals surface area contributed by atoms with Crippen molar-refractivity contribution in [3.63, 3.8) is 0 Å². The van der Waals surface area contributed by atoms with Gasteiger partial charge in [0, 0.05) is 0 Å². The SMILES string of the molecule is COc1ccc2nc(NC(=O)C(CCSC)NC(=O)COc3ccccc3)sc2c1. The van der Waals surface area contributed by atoms with E-state index in [4.69, 9.17) is 9.47 Å². The highest BCUT2D eigenvalue weighted by Gasteiger charge is 2.22. The van der Waals surface area contributed by atoms with Gasteiger partial charge in [-0.25, -0.2) is 4.98 Å². The van der Waals surface area contributed by atoms with Gasteiger partial charge in [0.15, 0.2) is 11.7 Å². The minimum absolute atomic E-state index is 0.159. The number of ether oxygens (including phenoxy) is 2. The molecule has 2 aromatic carbocycles. The number of benzene rings is 2. The molecule has 3 aromatic rings. The molecule has 0 saturated carbocycles. The minimum Gasteiger partial charge on any atom is -0.497 e. The summed E-state index contributed by atoms with van der Waals surface area (Å²) in [5.74, 6) is 1.40. The molecule has 0 bridgehead atoms. The number of fused-ring (bicyclic) bond motifs is 1. The summed E-state index contributed by atoms with van der Waals surface area (Å²) in [6.45, 7) is -0.159. The number of methoxy groups -OCH3 is 1. The van der Waals surface area contributed by atoms with E-state index in [1.54, 1.807) is 31.0 Å². The summed E-state index contributed by atoms with van der Waals surface area (Å²) in [7, 11) is 1.60. The Balaban J connectivity index is 1.62. The van der Waals surface area contributed by atoms with Gasteiger partial charge in [0.2, 0.25) is 5.91 Å². The van der Waals surface area contributed by atoms with Gasteiger partial charge in [-0.2, -0.15) is 11.8 Å². The molecular weight excluding hydrogens is 422 g/mol. The third-order valence-corrected chi connectivity index (χ3v) is 5.78. The molecule has 0 aliphatic rings. The quantitative estimate of drug-likeness (QED) is 0.496. The van der Waals surface area contributed by atoms with Crippen LogP contribution >= 0.6 is 23.1 Å². The number of amides is 2. The number of hydrogen-bond acceptors (Lipinski definition) is 7. The number of anilines is 1. The number of thiazole rings is 1. The van der Waals surface area contributed by atoms with Gasteiger partial charge in [0.05, 0.1) is 17.3 Å². The van der Waals surface area contributed by atoms with Crippen molar-refractivity contribution >= 4 is 50.3 Å². The van der Waals surface area contributed by atoms with Crippen molar-refractivity contribution < 1.29 is 19.1 Å². The van der Waals surface area contributed by atoms with Crippen LogP contribution in [0.1, 0.15) is 6.42 Å².